The molecule has 0 unspecified atom stereocenters. The van der Waals surface area contributed by atoms with Gasteiger partial charge in [0.2, 0.25) is 9.84 Å². The van der Waals surface area contributed by atoms with Crippen LogP contribution in [0.1, 0.15) is 11.1 Å². The summed E-state index contributed by atoms with van der Waals surface area (Å²) in [4.78, 5) is 0.611. The standard InChI is InChI=1S/C24H18O2S/c1-3-17-13-15-23(21-11-7-5-9-19(17)21)27(25,26)24-16-14-18(4-2)20-10-6-8-12-22(20)24/h3-16H,1-2H2. The molecular weight excluding hydrogens is 352 g/mol. The second-order valence-electron chi connectivity index (χ2n) is 6.31. The molecule has 0 aromatic heterocycles. The van der Waals surface area contributed by atoms with Gasteiger partial charge in [-0.15, -0.1) is 0 Å². The van der Waals surface area contributed by atoms with Gasteiger partial charge in [0.1, 0.15) is 0 Å². The van der Waals surface area contributed by atoms with E-state index in [9.17, 15) is 8.42 Å². The Labute approximate surface area is 159 Å². The molecule has 27 heavy (non-hydrogen) atoms. The van der Waals surface area contributed by atoms with Crippen molar-refractivity contribution in [3.05, 3.63) is 97.1 Å². The van der Waals surface area contributed by atoms with Gasteiger partial charge in [-0.1, -0.05) is 86.0 Å². The summed E-state index contributed by atoms with van der Waals surface area (Å²) < 4.78 is 27.2. The average molecular weight is 370 g/mol. The summed E-state index contributed by atoms with van der Waals surface area (Å²) in [7, 11) is -3.71. The van der Waals surface area contributed by atoms with Crippen molar-refractivity contribution >= 4 is 43.5 Å². The Balaban J connectivity index is 2.07. The van der Waals surface area contributed by atoms with Crippen LogP contribution < -0.4 is 0 Å². The summed E-state index contributed by atoms with van der Waals surface area (Å²) in [6.07, 6.45) is 3.49. The molecule has 0 saturated heterocycles. The van der Waals surface area contributed by atoms with Crippen LogP contribution in [0.2, 0.25) is 0 Å². The first kappa shape index (κ1) is 17.3. The topological polar surface area (TPSA) is 34.1 Å². The first-order chi connectivity index (χ1) is 13.1. The number of fused-ring (bicyclic) bond motifs is 2. The van der Waals surface area contributed by atoms with E-state index in [2.05, 4.69) is 13.2 Å². The summed E-state index contributed by atoms with van der Waals surface area (Å²) in [6, 6.07) is 22.0. The fraction of sp³-hybridized carbons (Fsp3) is 0. The van der Waals surface area contributed by atoms with Crippen molar-refractivity contribution in [3.8, 4) is 0 Å². The molecule has 0 aliphatic heterocycles. The summed E-state index contributed by atoms with van der Waals surface area (Å²) in [5.41, 5.74) is 1.83. The predicted octanol–water partition coefficient (Wildman–Crippen LogP) is 6.11. The van der Waals surface area contributed by atoms with Crippen LogP contribution in [0.25, 0.3) is 33.7 Å². The van der Waals surface area contributed by atoms with Gasteiger partial charge < -0.3 is 0 Å². The Kier molecular flexibility index (Phi) is 4.17. The molecule has 0 saturated carbocycles. The molecular formula is C24H18O2S. The van der Waals surface area contributed by atoms with Gasteiger partial charge in [0.05, 0.1) is 9.79 Å². The monoisotopic (exact) mass is 370 g/mol. The zero-order valence-corrected chi connectivity index (χ0v) is 15.5. The highest BCUT2D eigenvalue weighted by atomic mass is 32.2. The zero-order chi connectivity index (χ0) is 19.0. The summed E-state index contributed by atoms with van der Waals surface area (Å²) in [6.45, 7) is 7.66. The van der Waals surface area contributed by atoms with Crippen molar-refractivity contribution in [3.63, 3.8) is 0 Å². The Morgan fingerprint density at radius 3 is 1.30 bits per heavy atom. The minimum Gasteiger partial charge on any atom is -0.218 e. The Hall–Kier alpha value is -3.17. The van der Waals surface area contributed by atoms with Gasteiger partial charge in [-0.05, 0) is 34.0 Å². The van der Waals surface area contributed by atoms with Crippen LogP contribution in [-0.2, 0) is 9.84 Å². The maximum atomic E-state index is 13.6. The molecule has 3 heteroatoms. The number of hydrogen-bond donors (Lipinski definition) is 0. The minimum absolute atomic E-state index is 0.306. The van der Waals surface area contributed by atoms with Crippen molar-refractivity contribution in [1.82, 2.24) is 0 Å². The van der Waals surface area contributed by atoms with Crippen LogP contribution in [0.5, 0.6) is 0 Å². The lowest BCUT2D eigenvalue weighted by atomic mass is 10.0. The lowest BCUT2D eigenvalue weighted by Gasteiger charge is -2.13. The van der Waals surface area contributed by atoms with Crippen molar-refractivity contribution in [2.45, 2.75) is 9.79 Å². The third kappa shape index (κ3) is 2.68. The fourth-order valence-electron chi connectivity index (χ4n) is 3.53. The fourth-order valence-corrected chi connectivity index (χ4v) is 5.20. The molecule has 0 amide bonds. The Morgan fingerprint density at radius 1 is 0.556 bits per heavy atom. The molecule has 0 aliphatic rings. The first-order valence-electron chi connectivity index (χ1n) is 8.61. The summed E-state index contributed by atoms with van der Waals surface area (Å²) in [5.74, 6) is 0. The van der Waals surface area contributed by atoms with Gasteiger partial charge in [-0.3, -0.25) is 0 Å². The van der Waals surface area contributed by atoms with E-state index in [1.165, 1.54) is 0 Å². The molecule has 0 atom stereocenters. The maximum absolute atomic E-state index is 13.6. The van der Waals surface area contributed by atoms with Crippen LogP contribution in [-0.4, -0.2) is 8.42 Å². The molecule has 132 valence electrons. The minimum atomic E-state index is -3.71. The molecule has 0 fully saturated rings. The molecule has 0 radical (unpaired) electrons. The summed E-state index contributed by atoms with van der Waals surface area (Å²) in [5, 5.41) is 3.15. The highest BCUT2D eigenvalue weighted by Crippen LogP contribution is 2.35. The lowest BCUT2D eigenvalue weighted by Crippen LogP contribution is -2.04. The van der Waals surface area contributed by atoms with E-state index in [0.717, 1.165) is 21.9 Å². The molecule has 0 bridgehead atoms. The number of hydrogen-bond acceptors (Lipinski definition) is 2. The van der Waals surface area contributed by atoms with E-state index in [1.54, 1.807) is 24.3 Å². The first-order valence-corrected chi connectivity index (χ1v) is 10.1. The van der Waals surface area contributed by atoms with E-state index >= 15 is 0 Å². The zero-order valence-electron chi connectivity index (χ0n) is 14.7. The van der Waals surface area contributed by atoms with E-state index in [0.29, 0.717) is 20.6 Å². The van der Waals surface area contributed by atoms with Crippen LogP contribution in [0.3, 0.4) is 0 Å². The van der Waals surface area contributed by atoms with Crippen molar-refractivity contribution in [2.75, 3.05) is 0 Å². The molecule has 4 aromatic carbocycles. The molecule has 4 rings (SSSR count). The third-order valence-corrected chi connectivity index (χ3v) is 6.72. The molecule has 0 aliphatic carbocycles. The van der Waals surface area contributed by atoms with Gasteiger partial charge in [0.15, 0.2) is 0 Å². The number of benzene rings is 4. The molecule has 4 aromatic rings. The predicted molar refractivity (Wildman–Crippen MR) is 114 cm³/mol. The van der Waals surface area contributed by atoms with Gasteiger partial charge in [-0.2, -0.15) is 0 Å². The van der Waals surface area contributed by atoms with Crippen molar-refractivity contribution < 1.29 is 8.42 Å². The molecule has 0 N–H and O–H groups in total. The Bertz CT molecular complexity index is 1220. The molecule has 0 spiro atoms. The molecule has 2 nitrogen and oxygen atoms in total. The highest BCUT2D eigenvalue weighted by molar-refractivity contribution is 7.92. The summed E-state index contributed by atoms with van der Waals surface area (Å²) >= 11 is 0. The van der Waals surface area contributed by atoms with Crippen LogP contribution >= 0.6 is 0 Å². The molecule has 0 heterocycles. The van der Waals surface area contributed by atoms with Crippen LogP contribution in [0, 0.1) is 0 Å². The van der Waals surface area contributed by atoms with Gasteiger partial charge in [-0.25, -0.2) is 8.42 Å². The Morgan fingerprint density at radius 2 is 0.926 bits per heavy atom. The van der Waals surface area contributed by atoms with Crippen molar-refractivity contribution in [2.24, 2.45) is 0 Å². The van der Waals surface area contributed by atoms with E-state index in [1.807, 2.05) is 60.7 Å². The van der Waals surface area contributed by atoms with E-state index in [-0.39, 0.29) is 0 Å². The smallest absolute Gasteiger partial charge is 0.207 e. The number of sulfone groups is 1. The van der Waals surface area contributed by atoms with Crippen LogP contribution in [0.4, 0.5) is 0 Å². The van der Waals surface area contributed by atoms with Crippen molar-refractivity contribution in [1.29, 1.82) is 0 Å². The largest absolute Gasteiger partial charge is 0.218 e. The second-order valence-corrected chi connectivity index (χ2v) is 8.20. The van der Waals surface area contributed by atoms with Gasteiger partial charge >= 0.3 is 0 Å². The third-order valence-electron chi connectivity index (χ3n) is 4.85. The normalized spacial score (nSPS) is 11.6. The maximum Gasteiger partial charge on any atom is 0.207 e. The lowest BCUT2D eigenvalue weighted by molar-refractivity contribution is 0.598. The van der Waals surface area contributed by atoms with Gasteiger partial charge in [0.25, 0.3) is 0 Å². The average Bonchev–Trinajstić information content (AvgIpc) is 2.71. The van der Waals surface area contributed by atoms with E-state index in [4.69, 9.17) is 0 Å². The number of rotatable bonds is 4. The highest BCUT2D eigenvalue weighted by Gasteiger charge is 2.23. The van der Waals surface area contributed by atoms with Crippen LogP contribution in [0.15, 0.2) is 95.7 Å². The van der Waals surface area contributed by atoms with E-state index < -0.39 is 9.84 Å². The second kappa shape index (κ2) is 6.53. The van der Waals surface area contributed by atoms with Gasteiger partial charge in [0, 0.05) is 10.8 Å². The quantitative estimate of drug-likeness (QED) is 0.434. The SMILES string of the molecule is C=Cc1ccc(S(=O)(=O)c2ccc(C=C)c3ccccc23)c2ccccc12.